The molecule has 1 saturated carbocycles. The molecule has 3 nitrogen and oxygen atoms in total. The van der Waals surface area contributed by atoms with Gasteiger partial charge in [-0.15, -0.1) is 0 Å². The standard InChI is InChI=1S/C24H28N2O/c27-21-7-3-5-19(15-21)24-11-4-6-20(16-24)26(14-12-24)13-10-18-17-25-23-9-2-1-8-22(18)23/h1-3,5,7-9,15,17,20,25,27H,4,6,10-14,16H2/t20-,24+/m0/s1. The van der Waals surface area contributed by atoms with E-state index in [-0.39, 0.29) is 5.41 Å². The molecule has 27 heavy (non-hydrogen) atoms. The minimum absolute atomic E-state index is 0.277. The van der Waals surface area contributed by atoms with Crippen molar-refractivity contribution in [2.24, 2.45) is 0 Å². The van der Waals surface area contributed by atoms with Crippen molar-refractivity contribution in [1.29, 1.82) is 0 Å². The lowest BCUT2D eigenvalue weighted by atomic mass is 9.63. The molecule has 2 bridgehead atoms. The molecule has 2 fully saturated rings. The Hall–Kier alpha value is -2.26. The van der Waals surface area contributed by atoms with Crippen molar-refractivity contribution in [3.63, 3.8) is 0 Å². The number of likely N-dealkylation sites (tertiary alicyclic amines) is 1. The van der Waals surface area contributed by atoms with E-state index in [2.05, 4.69) is 46.4 Å². The van der Waals surface area contributed by atoms with E-state index in [9.17, 15) is 5.11 Å². The summed E-state index contributed by atoms with van der Waals surface area (Å²) in [7, 11) is 0. The zero-order valence-electron chi connectivity index (χ0n) is 15.8. The second-order valence-corrected chi connectivity index (χ2v) is 8.48. The van der Waals surface area contributed by atoms with E-state index in [4.69, 9.17) is 0 Å². The minimum atomic E-state index is 0.277. The molecule has 0 amide bonds. The van der Waals surface area contributed by atoms with Crippen LogP contribution in [-0.4, -0.2) is 34.1 Å². The number of phenolic OH excluding ortho intramolecular Hbond substituents is 1. The van der Waals surface area contributed by atoms with Crippen LogP contribution in [0.2, 0.25) is 0 Å². The smallest absolute Gasteiger partial charge is 0.115 e. The maximum atomic E-state index is 9.95. The van der Waals surface area contributed by atoms with Crippen LogP contribution < -0.4 is 0 Å². The van der Waals surface area contributed by atoms with Gasteiger partial charge >= 0.3 is 0 Å². The number of benzene rings is 2. The summed E-state index contributed by atoms with van der Waals surface area (Å²) in [5.74, 6) is 0.408. The molecule has 140 valence electrons. The average Bonchev–Trinajstić information content (AvgIpc) is 3.11. The molecule has 2 N–H and O–H groups in total. The molecular weight excluding hydrogens is 332 g/mol. The van der Waals surface area contributed by atoms with Gasteiger partial charge < -0.3 is 10.1 Å². The normalized spacial score (nSPS) is 25.7. The number of H-pyrrole nitrogens is 1. The van der Waals surface area contributed by atoms with E-state index >= 15 is 0 Å². The van der Waals surface area contributed by atoms with Gasteiger partial charge in [-0.2, -0.15) is 0 Å². The number of nitrogens with zero attached hydrogens (tertiary/aromatic N) is 1. The third-order valence-electron chi connectivity index (χ3n) is 7.01. The summed E-state index contributed by atoms with van der Waals surface area (Å²) in [4.78, 5) is 6.13. The van der Waals surface area contributed by atoms with Crippen molar-refractivity contribution < 1.29 is 5.11 Å². The van der Waals surface area contributed by atoms with Crippen molar-refractivity contribution in [3.05, 3.63) is 65.9 Å². The fourth-order valence-electron chi connectivity index (χ4n) is 5.55. The molecule has 3 aromatic rings. The second-order valence-electron chi connectivity index (χ2n) is 8.48. The van der Waals surface area contributed by atoms with E-state index in [0.29, 0.717) is 11.8 Å². The highest BCUT2D eigenvalue weighted by Crippen LogP contribution is 2.47. The Bertz CT molecular complexity index is 946. The lowest BCUT2D eigenvalue weighted by Gasteiger charge is -2.51. The third kappa shape index (κ3) is 3.04. The van der Waals surface area contributed by atoms with Crippen LogP contribution >= 0.6 is 0 Å². The number of aromatic amines is 1. The molecular formula is C24H28N2O. The topological polar surface area (TPSA) is 39.3 Å². The molecule has 3 heteroatoms. The van der Waals surface area contributed by atoms with E-state index in [0.717, 1.165) is 13.0 Å². The number of hydrogen-bond acceptors (Lipinski definition) is 2. The number of piperidine rings is 1. The first-order chi connectivity index (χ1) is 13.2. The molecule has 5 rings (SSSR count). The van der Waals surface area contributed by atoms with E-state index in [1.54, 1.807) is 6.07 Å². The number of rotatable bonds is 4. The number of hydrogen-bond donors (Lipinski definition) is 2. The summed E-state index contributed by atoms with van der Waals surface area (Å²) in [5.41, 5.74) is 4.31. The Morgan fingerprint density at radius 3 is 2.96 bits per heavy atom. The quantitative estimate of drug-likeness (QED) is 0.687. The Labute approximate surface area is 161 Å². The highest BCUT2D eigenvalue weighted by atomic mass is 16.3. The average molecular weight is 361 g/mol. The lowest BCUT2D eigenvalue weighted by Crippen LogP contribution is -2.52. The van der Waals surface area contributed by atoms with Gasteiger partial charge in [0.05, 0.1) is 0 Å². The maximum Gasteiger partial charge on any atom is 0.115 e. The summed E-state index contributed by atoms with van der Waals surface area (Å²) in [6, 6.07) is 17.3. The zero-order valence-corrected chi connectivity index (χ0v) is 15.8. The van der Waals surface area contributed by atoms with Gasteiger partial charge in [-0.05, 0) is 73.4 Å². The Balaban J connectivity index is 1.31. The Morgan fingerprint density at radius 1 is 1.11 bits per heavy atom. The molecule has 1 aliphatic carbocycles. The van der Waals surface area contributed by atoms with Crippen molar-refractivity contribution in [2.75, 3.05) is 13.1 Å². The minimum Gasteiger partial charge on any atom is -0.508 e. The highest BCUT2D eigenvalue weighted by Gasteiger charge is 2.43. The van der Waals surface area contributed by atoms with Crippen LogP contribution in [0.1, 0.15) is 43.2 Å². The number of aromatic hydroxyl groups is 1. The van der Waals surface area contributed by atoms with Crippen LogP contribution in [0.3, 0.4) is 0 Å². The predicted octanol–water partition coefficient (Wildman–Crippen LogP) is 5.00. The Morgan fingerprint density at radius 2 is 2.04 bits per heavy atom. The van der Waals surface area contributed by atoms with Crippen molar-refractivity contribution in [3.8, 4) is 5.75 Å². The molecule has 2 aromatic carbocycles. The van der Waals surface area contributed by atoms with Crippen LogP contribution in [0.4, 0.5) is 0 Å². The van der Waals surface area contributed by atoms with Crippen molar-refractivity contribution in [1.82, 2.24) is 9.88 Å². The maximum absolute atomic E-state index is 9.95. The number of para-hydroxylation sites is 1. The van der Waals surface area contributed by atoms with Gasteiger partial charge in [0.15, 0.2) is 0 Å². The first-order valence-electron chi connectivity index (χ1n) is 10.3. The molecule has 1 aliphatic heterocycles. The molecule has 0 spiro atoms. The first-order valence-corrected chi connectivity index (χ1v) is 10.3. The van der Waals surface area contributed by atoms with E-state index in [1.807, 2.05) is 12.1 Å². The molecule has 0 unspecified atom stereocenters. The predicted molar refractivity (Wildman–Crippen MR) is 110 cm³/mol. The fraction of sp³-hybridized carbons (Fsp3) is 0.417. The summed E-state index contributed by atoms with van der Waals surface area (Å²) in [6.45, 7) is 2.31. The van der Waals surface area contributed by atoms with Gasteiger partial charge in [0, 0.05) is 29.7 Å². The van der Waals surface area contributed by atoms with Gasteiger partial charge in [-0.3, -0.25) is 4.90 Å². The number of aromatic nitrogens is 1. The summed E-state index contributed by atoms with van der Waals surface area (Å²) in [6.07, 6.45) is 9.62. The number of nitrogens with one attached hydrogen (secondary N) is 1. The molecule has 2 aliphatic rings. The molecule has 2 atom stereocenters. The van der Waals surface area contributed by atoms with Crippen LogP contribution in [0, 0.1) is 0 Å². The number of fused-ring (bicyclic) bond motifs is 3. The monoisotopic (exact) mass is 360 g/mol. The van der Waals surface area contributed by atoms with Crippen LogP contribution in [0.15, 0.2) is 54.7 Å². The van der Waals surface area contributed by atoms with Crippen molar-refractivity contribution >= 4 is 10.9 Å². The third-order valence-corrected chi connectivity index (χ3v) is 7.01. The number of phenols is 1. The van der Waals surface area contributed by atoms with Gasteiger partial charge in [-0.1, -0.05) is 36.8 Å². The summed E-state index contributed by atoms with van der Waals surface area (Å²) in [5, 5.41) is 11.3. The van der Waals surface area contributed by atoms with Gasteiger partial charge in [0.25, 0.3) is 0 Å². The first kappa shape index (κ1) is 16.9. The van der Waals surface area contributed by atoms with E-state index in [1.165, 1.54) is 60.7 Å². The summed E-state index contributed by atoms with van der Waals surface area (Å²) >= 11 is 0. The van der Waals surface area contributed by atoms with Crippen LogP contribution in [-0.2, 0) is 11.8 Å². The van der Waals surface area contributed by atoms with Gasteiger partial charge in [-0.25, -0.2) is 0 Å². The largest absolute Gasteiger partial charge is 0.508 e. The van der Waals surface area contributed by atoms with E-state index < -0.39 is 0 Å². The lowest BCUT2D eigenvalue weighted by molar-refractivity contribution is 0.0525. The summed E-state index contributed by atoms with van der Waals surface area (Å²) < 4.78 is 0. The second kappa shape index (κ2) is 6.72. The van der Waals surface area contributed by atoms with Gasteiger partial charge in [0.1, 0.15) is 5.75 Å². The van der Waals surface area contributed by atoms with Crippen LogP contribution in [0.5, 0.6) is 5.75 Å². The molecule has 2 heterocycles. The molecule has 1 aromatic heterocycles. The molecule has 0 radical (unpaired) electrons. The van der Waals surface area contributed by atoms with Gasteiger partial charge in [0.2, 0.25) is 0 Å². The van der Waals surface area contributed by atoms with Crippen LogP contribution in [0.25, 0.3) is 10.9 Å². The molecule has 1 saturated heterocycles. The van der Waals surface area contributed by atoms with Crippen molar-refractivity contribution in [2.45, 2.75) is 50.0 Å². The fourth-order valence-corrected chi connectivity index (χ4v) is 5.55. The Kier molecular flexibility index (Phi) is 4.20. The highest BCUT2D eigenvalue weighted by molar-refractivity contribution is 5.83. The SMILES string of the molecule is Oc1cccc([C@@]23CCC[C@@H](C2)N(CCc2c[nH]c4ccccc24)CC3)c1. The zero-order chi connectivity index (χ0) is 18.3.